The van der Waals surface area contributed by atoms with Crippen molar-refractivity contribution in [2.24, 2.45) is 0 Å². The molecule has 0 spiro atoms. The Kier molecular flexibility index (Phi) is 6.06. The van der Waals surface area contributed by atoms with Gasteiger partial charge >= 0.3 is 11.8 Å². The van der Waals surface area contributed by atoms with Crippen molar-refractivity contribution in [1.29, 1.82) is 0 Å². The lowest BCUT2D eigenvalue weighted by atomic mass is 10.1. The molecule has 1 aliphatic rings. The van der Waals surface area contributed by atoms with Gasteiger partial charge in [-0.2, -0.15) is 0 Å². The van der Waals surface area contributed by atoms with Crippen molar-refractivity contribution in [2.45, 2.75) is 19.1 Å². The largest absolute Gasteiger partial charge is 0.452 e. The Balaban J connectivity index is 1.54. The normalized spacial score (nSPS) is 16.2. The number of furan rings is 1. The standard InChI is InChI=1S/C20H18F5N5O3/c1-10-13-6-11(21)7-14(22)15(13)33-16(10)20(25,17(23)24)29-19(31)28-12-8-26-18(27-9-12)30-2-4-32-5-3-30/h6-9,17H,2-5H2,1H3,(H2,28,29,31). The van der Waals surface area contributed by atoms with E-state index < -0.39 is 41.2 Å². The third-order valence-corrected chi connectivity index (χ3v) is 5.07. The molecular formula is C20H18F5N5O3. The lowest BCUT2D eigenvalue weighted by Gasteiger charge is -2.26. The molecule has 3 aromatic rings. The zero-order chi connectivity index (χ0) is 23.8. The van der Waals surface area contributed by atoms with Gasteiger partial charge in [0, 0.05) is 30.1 Å². The number of anilines is 2. The summed E-state index contributed by atoms with van der Waals surface area (Å²) in [7, 11) is 0. The maximum Gasteiger partial charge on any atom is 0.322 e. The topological polar surface area (TPSA) is 92.5 Å². The Morgan fingerprint density at radius 3 is 2.48 bits per heavy atom. The van der Waals surface area contributed by atoms with E-state index in [4.69, 9.17) is 9.15 Å². The number of fused-ring (bicyclic) bond motifs is 1. The van der Waals surface area contributed by atoms with Crippen LogP contribution in [0.4, 0.5) is 38.4 Å². The average molecular weight is 471 g/mol. The number of carbonyl (C=O) groups excluding carboxylic acids is 1. The second-order valence-corrected chi connectivity index (χ2v) is 7.28. The molecule has 13 heteroatoms. The van der Waals surface area contributed by atoms with Gasteiger partial charge in [0.25, 0.3) is 6.43 Å². The van der Waals surface area contributed by atoms with E-state index in [9.17, 15) is 22.4 Å². The van der Waals surface area contributed by atoms with Crippen LogP contribution in [0.2, 0.25) is 0 Å². The Labute approximate surface area is 183 Å². The minimum Gasteiger partial charge on any atom is -0.452 e. The molecule has 3 heterocycles. The number of aryl methyl sites for hydroxylation is 1. The highest BCUT2D eigenvalue weighted by Crippen LogP contribution is 2.39. The maximum absolute atomic E-state index is 15.4. The van der Waals surface area contributed by atoms with Crippen LogP contribution in [0.25, 0.3) is 11.0 Å². The van der Waals surface area contributed by atoms with Crippen LogP contribution < -0.4 is 15.5 Å². The van der Waals surface area contributed by atoms with E-state index in [0.717, 1.165) is 13.0 Å². The van der Waals surface area contributed by atoms with Gasteiger partial charge in [0.15, 0.2) is 17.2 Å². The molecule has 1 aromatic carbocycles. The Morgan fingerprint density at radius 1 is 1.18 bits per heavy atom. The first-order chi connectivity index (χ1) is 15.7. The summed E-state index contributed by atoms with van der Waals surface area (Å²) in [5.74, 6) is -6.69. The molecule has 1 atom stereocenters. The Morgan fingerprint density at radius 2 is 1.85 bits per heavy atom. The molecule has 8 nitrogen and oxygen atoms in total. The first-order valence-corrected chi connectivity index (χ1v) is 9.78. The van der Waals surface area contributed by atoms with Crippen LogP contribution in [0.3, 0.4) is 0 Å². The summed E-state index contributed by atoms with van der Waals surface area (Å²) < 4.78 is 80.5. The fraction of sp³-hybridized carbons (Fsp3) is 0.350. The minimum absolute atomic E-state index is 0.00979. The number of halogens is 5. The quantitative estimate of drug-likeness (QED) is 0.434. The van der Waals surface area contributed by atoms with Crippen LogP contribution >= 0.6 is 0 Å². The molecule has 2 amide bonds. The molecule has 0 aliphatic carbocycles. The fourth-order valence-electron chi connectivity index (χ4n) is 3.44. The van der Waals surface area contributed by atoms with Crippen molar-refractivity contribution >= 4 is 28.6 Å². The predicted octanol–water partition coefficient (Wildman–Crippen LogP) is 3.86. The molecule has 2 N–H and O–H groups in total. The highest BCUT2D eigenvalue weighted by Gasteiger charge is 2.49. The number of ether oxygens (including phenoxy) is 1. The van der Waals surface area contributed by atoms with E-state index in [-0.39, 0.29) is 16.6 Å². The van der Waals surface area contributed by atoms with Gasteiger partial charge in [-0.1, -0.05) is 0 Å². The zero-order valence-electron chi connectivity index (χ0n) is 17.2. The molecule has 2 aromatic heterocycles. The van der Waals surface area contributed by atoms with E-state index in [1.165, 1.54) is 17.7 Å². The van der Waals surface area contributed by atoms with Gasteiger partial charge in [-0.05, 0) is 13.0 Å². The maximum atomic E-state index is 15.4. The molecule has 0 radical (unpaired) electrons. The predicted molar refractivity (Wildman–Crippen MR) is 107 cm³/mol. The lowest BCUT2D eigenvalue weighted by molar-refractivity contribution is -0.0664. The van der Waals surface area contributed by atoms with Crippen molar-refractivity contribution in [2.75, 3.05) is 36.5 Å². The van der Waals surface area contributed by atoms with E-state index in [1.807, 2.05) is 4.90 Å². The Hall–Kier alpha value is -3.48. The summed E-state index contributed by atoms with van der Waals surface area (Å²) in [6.07, 6.45) is -1.34. The minimum atomic E-state index is -3.83. The second kappa shape index (κ2) is 8.81. The van der Waals surface area contributed by atoms with Crippen LogP contribution in [-0.2, 0) is 10.5 Å². The first kappa shape index (κ1) is 22.7. The highest BCUT2D eigenvalue weighted by molar-refractivity contribution is 5.90. The number of morpholine rings is 1. The van der Waals surface area contributed by atoms with E-state index in [0.29, 0.717) is 38.3 Å². The van der Waals surface area contributed by atoms with Gasteiger partial charge in [-0.25, -0.2) is 36.7 Å². The van der Waals surface area contributed by atoms with Crippen LogP contribution in [-0.4, -0.2) is 48.7 Å². The van der Waals surface area contributed by atoms with Crippen molar-refractivity contribution < 1.29 is 35.9 Å². The van der Waals surface area contributed by atoms with Crippen LogP contribution in [0, 0.1) is 18.6 Å². The summed E-state index contributed by atoms with van der Waals surface area (Å²) in [5, 5.41) is 3.43. The van der Waals surface area contributed by atoms with Gasteiger partial charge in [0.2, 0.25) is 5.95 Å². The van der Waals surface area contributed by atoms with E-state index >= 15 is 4.39 Å². The number of carbonyl (C=O) groups is 1. The van der Waals surface area contributed by atoms with Gasteiger partial charge in [0.05, 0.1) is 31.3 Å². The number of rotatable bonds is 5. The average Bonchev–Trinajstić information content (AvgIpc) is 3.12. The highest BCUT2D eigenvalue weighted by atomic mass is 19.3. The first-order valence-electron chi connectivity index (χ1n) is 9.78. The van der Waals surface area contributed by atoms with Crippen molar-refractivity contribution in [3.63, 3.8) is 0 Å². The molecular weight excluding hydrogens is 453 g/mol. The summed E-state index contributed by atoms with van der Waals surface area (Å²) in [6.45, 7) is 3.32. The molecule has 1 aliphatic heterocycles. The molecule has 1 unspecified atom stereocenters. The van der Waals surface area contributed by atoms with Crippen LogP contribution in [0.15, 0.2) is 28.9 Å². The van der Waals surface area contributed by atoms with Gasteiger partial charge < -0.3 is 19.4 Å². The summed E-state index contributed by atoms with van der Waals surface area (Å²) in [6, 6.07) is -0.0648. The van der Waals surface area contributed by atoms with Crippen molar-refractivity contribution in [3.05, 3.63) is 47.5 Å². The smallest absolute Gasteiger partial charge is 0.322 e. The van der Waals surface area contributed by atoms with E-state index in [1.54, 1.807) is 0 Å². The SMILES string of the molecule is Cc1c(C(F)(NC(=O)Nc2cnc(N3CCOCC3)nc2)C(F)F)oc2c(F)cc(F)cc12. The molecule has 0 bridgehead atoms. The van der Waals surface area contributed by atoms with Crippen molar-refractivity contribution in [1.82, 2.24) is 15.3 Å². The number of urea groups is 1. The summed E-state index contributed by atoms with van der Waals surface area (Å²) in [4.78, 5) is 22.3. The van der Waals surface area contributed by atoms with Crippen molar-refractivity contribution in [3.8, 4) is 0 Å². The number of amides is 2. The Bertz CT molecular complexity index is 1170. The molecule has 0 saturated carbocycles. The number of nitrogens with zero attached hydrogens (tertiary/aromatic N) is 3. The van der Waals surface area contributed by atoms with Crippen LogP contribution in [0.5, 0.6) is 0 Å². The number of hydrogen-bond donors (Lipinski definition) is 2. The summed E-state index contributed by atoms with van der Waals surface area (Å²) in [5.41, 5.74) is -0.888. The van der Waals surface area contributed by atoms with Gasteiger partial charge in [-0.15, -0.1) is 0 Å². The number of nitrogens with one attached hydrogen (secondary N) is 2. The second-order valence-electron chi connectivity index (χ2n) is 7.28. The fourth-order valence-corrected chi connectivity index (χ4v) is 3.44. The van der Waals surface area contributed by atoms with Crippen LogP contribution in [0.1, 0.15) is 11.3 Å². The molecule has 4 rings (SSSR count). The van der Waals surface area contributed by atoms with E-state index in [2.05, 4.69) is 15.3 Å². The third-order valence-electron chi connectivity index (χ3n) is 5.07. The molecule has 1 fully saturated rings. The zero-order valence-corrected chi connectivity index (χ0v) is 17.2. The molecule has 1 saturated heterocycles. The number of benzene rings is 1. The monoisotopic (exact) mass is 471 g/mol. The molecule has 33 heavy (non-hydrogen) atoms. The van der Waals surface area contributed by atoms with Gasteiger partial charge in [0.1, 0.15) is 5.82 Å². The number of hydrogen-bond acceptors (Lipinski definition) is 6. The summed E-state index contributed by atoms with van der Waals surface area (Å²) >= 11 is 0. The number of alkyl halides is 3. The van der Waals surface area contributed by atoms with Gasteiger partial charge in [-0.3, -0.25) is 5.32 Å². The number of aromatic nitrogens is 2. The molecule has 176 valence electrons. The lowest BCUT2D eigenvalue weighted by Crippen LogP contribution is -2.49. The third kappa shape index (κ3) is 4.40.